The van der Waals surface area contributed by atoms with Crippen LogP contribution in [0.5, 0.6) is 0 Å². The molecule has 250 valence electrons. The molecular formula is C51H35NO. The number of benzene rings is 8. The van der Waals surface area contributed by atoms with Crippen LogP contribution in [0.2, 0.25) is 0 Å². The highest BCUT2D eigenvalue weighted by Gasteiger charge is 2.24. The lowest BCUT2D eigenvalue weighted by Crippen LogP contribution is -2.01. The number of rotatable bonds is 4. The van der Waals surface area contributed by atoms with Crippen LogP contribution in [-0.2, 0) is 6.42 Å². The monoisotopic (exact) mass is 677 g/mol. The highest BCUT2D eigenvalue weighted by molar-refractivity contribution is 6.12. The average Bonchev–Trinajstić information content (AvgIpc) is 3.71. The van der Waals surface area contributed by atoms with Crippen LogP contribution in [0.3, 0.4) is 0 Å². The molecule has 0 saturated heterocycles. The number of fused-ring (bicyclic) bond motifs is 9. The molecule has 1 atom stereocenters. The lowest BCUT2D eigenvalue weighted by molar-refractivity contribution is 0.669. The van der Waals surface area contributed by atoms with Gasteiger partial charge in [0.25, 0.3) is 0 Å². The second kappa shape index (κ2) is 12.0. The molecular weight excluding hydrogens is 643 g/mol. The minimum absolute atomic E-state index is 0.385. The van der Waals surface area contributed by atoms with E-state index in [0.29, 0.717) is 5.92 Å². The minimum Gasteiger partial charge on any atom is -0.455 e. The van der Waals surface area contributed by atoms with Crippen LogP contribution >= 0.6 is 0 Å². The molecule has 11 rings (SSSR count). The molecule has 2 nitrogen and oxygen atoms in total. The third-order valence-electron chi connectivity index (χ3n) is 11.5. The van der Waals surface area contributed by atoms with Crippen molar-refractivity contribution in [3.05, 3.63) is 199 Å². The van der Waals surface area contributed by atoms with Crippen molar-refractivity contribution in [1.82, 2.24) is 4.57 Å². The molecule has 2 aromatic heterocycles. The third-order valence-corrected chi connectivity index (χ3v) is 11.5. The number of nitrogens with zero attached hydrogens (tertiary/aromatic N) is 1. The Bertz CT molecular complexity index is 3000. The largest absolute Gasteiger partial charge is 0.455 e. The molecule has 2 heterocycles. The van der Waals surface area contributed by atoms with Gasteiger partial charge >= 0.3 is 0 Å². The van der Waals surface area contributed by atoms with E-state index in [0.717, 1.165) is 51.6 Å². The molecule has 8 aromatic carbocycles. The van der Waals surface area contributed by atoms with Crippen LogP contribution in [0.4, 0.5) is 0 Å². The topological polar surface area (TPSA) is 18.1 Å². The van der Waals surface area contributed by atoms with E-state index in [1.807, 2.05) is 0 Å². The van der Waals surface area contributed by atoms with Gasteiger partial charge in [0.2, 0.25) is 0 Å². The fourth-order valence-electron chi connectivity index (χ4n) is 8.96. The van der Waals surface area contributed by atoms with Crippen LogP contribution in [-0.4, -0.2) is 4.57 Å². The summed E-state index contributed by atoms with van der Waals surface area (Å²) in [6.07, 6.45) is 2.16. The molecule has 0 aliphatic heterocycles. The summed E-state index contributed by atoms with van der Waals surface area (Å²) in [5.74, 6) is 0.385. The Kier molecular flexibility index (Phi) is 6.78. The summed E-state index contributed by atoms with van der Waals surface area (Å²) in [5, 5.41) is 4.75. The number of hydrogen-bond acceptors (Lipinski definition) is 1. The van der Waals surface area contributed by atoms with Gasteiger partial charge in [-0.1, -0.05) is 140 Å². The SMILES string of the molecule is c1ccc(-c2cccc3c2oc2cc(-n4c5ccccc5c5cc(-c6ccc7c(c6)-c6ccccc6C(c6ccccc6)CC7)ccc54)ccc23)cc1. The first kappa shape index (κ1) is 30.0. The maximum Gasteiger partial charge on any atom is 0.143 e. The number of para-hydroxylation sites is 2. The van der Waals surface area contributed by atoms with Crippen LogP contribution in [0.25, 0.3) is 82.8 Å². The van der Waals surface area contributed by atoms with Crippen molar-refractivity contribution in [3.8, 4) is 39.1 Å². The van der Waals surface area contributed by atoms with E-state index >= 15 is 0 Å². The van der Waals surface area contributed by atoms with Crippen LogP contribution in [0.1, 0.15) is 29.0 Å². The molecule has 1 unspecified atom stereocenters. The maximum atomic E-state index is 6.68. The molecule has 53 heavy (non-hydrogen) atoms. The zero-order chi connectivity index (χ0) is 34.9. The summed E-state index contributed by atoms with van der Waals surface area (Å²) in [4.78, 5) is 0. The number of hydrogen-bond donors (Lipinski definition) is 0. The molecule has 0 saturated carbocycles. The second-order valence-electron chi connectivity index (χ2n) is 14.4. The average molecular weight is 678 g/mol. The van der Waals surface area contributed by atoms with E-state index in [1.165, 1.54) is 60.8 Å². The van der Waals surface area contributed by atoms with Gasteiger partial charge in [-0.15, -0.1) is 0 Å². The van der Waals surface area contributed by atoms with Crippen LogP contribution in [0, 0.1) is 0 Å². The van der Waals surface area contributed by atoms with Gasteiger partial charge in [0.05, 0.1) is 11.0 Å². The summed E-state index contributed by atoms with van der Waals surface area (Å²) in [7, 11) is 0. The van der Waals surface area contributed by atoms with Gasteiger partial charge in [-0.25, -0.2) is 0 Å². The minimum atomic E-state index is 0.385. The predicted molar refractivity (Wildman–Crippen MR) is 221 cm³/mol. The molecule has 0 N–H and O–H groups in total. The first-order chi connectivity index (χ1) is 26.3. The van der Waals surface area contributed by atoms with E-state index in [4.69, 9.17) is 4.42 Å². The molecule has 2 heteroatoms. The van der Waals surface area contributed by atoms with Crippen LogP contribution < -0.4 is 0 Å². The van der Waals surface area contributed by atoms with Gasteiger partial charge in [-0.05, 0) is 93.7 Å². The van der Waals surface area contributed by atoms with Crippen molar-refractivity contribution in [1.29, 1.82) is 0 Å². The molecule has 1 aliphatic rings. The van der Waals surface area contributed by atoms with E-state index in [9.17, 15) is 0 Å². The predicted octanol–water partition coefficient (Wildman–Crippen LogP) is 13.8. The molecule has 0 radical (unpaired) electrons. The normalized spacial score (nSPS) is 14.1. The highest BCUT2D eigenvalue weighted by Crippen LogP contribution is 2.44. The van der Waals surface area contributed by atoms with Gasteiger partial charge in [0.15, 0.2) is 0 Å². The maximum absolute atomic E-state index is 6.68. The lowest BCUT2D eigenvalue weighted by atomic mass is 9.86. The van der Waals surface area contributed by atoms with Crippen molar-refractivity contribution < 1.29 is 4.42 Å². The second-order valence-corrected chi connectivity index (χ2v) is 14.4. The fraction of sp³-hybridized carbons (Fsp3) is 0.0588. The van der Waals surface area contributed by atoms with E-state index in [2.05, 4.69) is 187 Å². The summed E-state index contributed by atoms with van der Waals surface area (Å²) >= 11 is 0. The van der Waals surface area contributed by atoms with Crippen molar-refractivity contribution in [2.75, 3.05) is 0 Å². The quantitative estimate of drug-likeness (QED) is 0.181. The van der Waals surface area contributed by atoms with Crippen molar-refractivity contribution in [3.63, 3.8) is 0 Å². The zero-order valence-electron chi connectivity index (χ0n) is 29.2. The smallest absolute Gasteiger partial charge is 0.143 e. The van der Waals surface area contributed by atoms with E-state index in [1.54, 1.807) is 0 Å². The molecule has 0 fully saturated rings. The Morgan fingerprint density at radius 2 is 1.17 bits per heavy atom. The van der Waals surface area contributed by atoms with Crippen molar-refractivity contribution in [2.24, 2.45) is 0 Å². The van der Waals surface area contributed by atoms with Crippen molar-refractivity contribution in [2.45, 2.75) is 18.8 Å². The first-order valence-electron chi connectivity index (χ1n) is 18.6. The summed E-state index contributed by atoms with van der Waals surface area (Å²) in [6.45, 7) is 0. The Balaban J connectivity index is 1.04. The van der Waals surface area contributed by atoms with Gasteiger partial charge < -0.3 is 8.98 Å². The Hall–Kier alpha value is -6.64. The number of aromatic nitrogens is 1. The zero-order valence-corrected chi connectivity index (χ0v) is 29.2. The lowest BCUT2D eigenvalue weighted by Gasteiger charge is -2.18. The molecule has 0 amide bonds. The summed E-state index contributed by atoms with van der Waals surface area (Å²) < 4.78 is 9.06. The fourth-order valence-corrected chi connectivity index (χ4v) is 8.96. The highest BCUT2D eigenvalue weighted by atomic mass is 16.3. The first-order valence-corrected chi connectivity index (χ1v) is 18.6. The van der Waals surface area contributed by atoms with E-state index in [-0.39, 0.29) is 0 Å². The molecule has 10 aromatic rings. The van der Waals surface area contributed by atoms with Crippen LogP contribution in [0.15, 0.2) is 186 Å². The molecule has 0 spiro atoms. The Morgan fingerprint density at radius 1 is 0.453 bits per heavy atom. The van der Waals surface area contributed by atoms with Gasteiger partial charge in [-0.3, -0.25) is 0 Å². The summed E-state index contributed by atoms with van der Waals surface area (Å²) in [5.41, 5.74) is 17.0. The van der Waals surface area contributed by atoms with E-state index < -0.39 is 0 Å². The standard InChI is InChI=1S/C51H35NO/c1-3-12-33(13-4-1)39-27-24-35-22-23-36(30-46(35)42-17-8-7-16-41(39)42)37-25-29-49-47(31-37)43-18-9-10-21-48(43)52(49)38-26-28-44-45-20-11-19-40(34-14-5-2-6-15-34)51(45)53-50(44)32-38/h1-23,25-26,28-32,39H,24,27H2. The molecule has 1 aliphatic carbocycles. The number of furan rings is 1. The third kappa shape index (κ3) is 4.80. The van der Waals surface area contributed by atoms with Crippen molar-refractivity contribution >= 4 is 43.7 Å². The summed E-state index contributed by atoms with van der Waals surface area (Å²) in [6, 6.07) is 66.5. The number of aryl methyl sites for hydroxylation is 1. The molecule has 0 bridgehead atoms. The van der Waals surface area contributed by atoms with Gasteiger partial charge in [-0.2, -0.15) is 0 Å². The van der Waals surface area contributed by atoms with Gasteiger partial charge in [0, 0.05) is 44.8 Å². The Labute approximate surface area is 308 Å². The Morgan fingerprint density at radius 3 is 2.08 bits per heavy atom. The van der Waals surface area contributed by atoms with Gasteiger partial charge in [0.1, 0.15) is 11.2 Å².